The molecular weight excluding hydrogens is 534 g/mol. The molecular formula is C34H55NO7. The van der Waals surface area contributed by atoms with E-state index in [2.05, 4.69) is 39.9 Å². The quantitative estimate of drug-likeness (QED) is 0.383. The predicted molar refractivity (Wildman–Crippen MR) is 156 cm³/mol. The maximum Gasteiger partial charge on any atom is 0.407 e. The van der Waals surface area contributed by atoms with Gasteiger partial charge in [0.2, 0.25) is 0 Å². The number of rotatable bonds is 4. The highest BCUT2D eigenvalue weighted by Crippen LogP contribution is 2.89. The molecule has 7 aliphatic rings. The lowest BCUT2D eigenvalue weighted by atomic mass is 9.41. The van der Waals surface area contributed by atoms with E-state index >= 15 is 0 Å². The van der Waals surface area contributed by atoms with Gasteiger partial charge in [-0.1, -0.05) is 34.6 Å². The Morgan fingerprint density at radius 2 is 1.69 bits per heavy atom. The number of aliphatic hydroxyl groups excluding tert-OH is 2. The molecule has 8 heteroatoms. The van der Waals surface area contributed by atoms with Crippen LogP contribution in [0.1, 0.15) is 99.8 Å². The van der Waals surface area contributed by atoms with Gasteiger partial charge in [0.05, 0.1) is 43.2 Å². The van der Waals surface area contributed by atoms with E-state index in [1.165, 1.54) is 12.8 Å². The third-order valence-electron chi connectivity index (χ3n) is 15.1. The molecule has 8 nitrogen and oxygen atoms in total. The van der Waals surface area contributed by atoms with Gasteiger partial charge >= 0.3 is 6.09 Å². The van der Waals surface area contributed by atoms with Gasteiger partial charge in [-0.2, -0.15) is 0 Å². The van der Waals surface area contributed by atoms with E-state index in [1.54, 1.807) is 13.8 Å². The first-order chi connectivity index (χ1) is 19.5. The molecule has 2 heterocycles. The summed E-state index contributed by atoms with van der Waals surface area (Å²) < 4.78 is 18.0. The third kappa shape index (κ3) is 3.62. The van der Waals surface area contributed by atoms with E-state index < -0.39 is 23.9 Å². The summed E-state index contributed by atoms with van der Waals surface area (Å²) in [4.78, 5) is 12.7. The zero-order valence-corrected chi connectivity index (χ0v) is 26.8. The first-order valence-corrected chi connectivity index (χ1v) is 16.8. The maximum atomic E-state index is 12.7. The van der Waals surface area contributed by atoms with Crippen LogP contribution in [-0.4, -0.2) is 76.8 Å². The van der Waals surface area contributed by atoms with Gasteiger partial charge in [0.25, 0.3) is 0 Å². The lowest BCUT2D eigenvalue weighted by Gasteiger charge is -2.63. The average Bonchev–Trinajstić information content (AvgIpc) is 3.51. The molecule has 2 spiro atoms. The van der Waals surface area contributed by atoms with Crippen LogP contribution in [0.2, 0.25) is 0 Å². The lowest BCUT2D eigenvalue weighted by Crippen LogP contribution is -2.60. The first kappa shape index (κ1) is 29.8. The molecule has 0 radical (unpaired) electrons. The summed E-state index contributed by atoms with van der Waals surface area (Å²) in [6.07, 6.45) is 5.57. The number of fused-ring (bicyclic) bond motifs is 4. The molecule has 5 aliphatic carbocycles. The largest absolute Gasteiger partial charge is 0.446 e. The van der Waals surface area contributed by atoms with E-state index in [0.717, 1.165) is 32.1 Å². The monoisotopic (exact) mass is 589 g/mol. The summed E-state index contributed by atoms with van der Waals surface area (Å²) in [6, 6.07) is 0.0666. The van der Waals surface area contributed by atoms with Crippen molar-refractivity contribution in [2.45, 2.75) is 142 Å². The number of alkyl carbamates (subject to hydrolysis) is 1. The molecule has 7 fully saturated rings. The molecule has 13 atom stereocenters. The minimum absolute atomic E-state index is 0.0488. The van der Waals surface area contributed by atoms with Gasteiger partial charge in [0.15, 0.2) is 0 Å². The molecule has 0 bridgehead atoms. The van der Waals surface area contributed by atoms with E-state index in [4.69, 9.17) is 14.2 Å². The van der Waals surface area contributed by atoms with Crippen LogP contribution < -0.4 is 5.32 Å². The van der Waals surface area contributed by atoms with Crippen LogP contribution >= 0.6 is 0 Å². The first-order valence-electron chi connectivity index (χ1n) is 16.8. The van der Waals surface area contributed by atoms with Crippen LogP contribution in [0.15, 0.2) is 0 Å². The summed E-state index contributed by atoms with van der Waals surface area (Å²) >= 11 is 0. The number of nitrogens with one attached hydrogen (secondary N) is 1. The van der Waals surface area contributed by atoms with Crippen molar-refractivity contribution in [2.75, 3.05) is 13.2 Å². The summed E-state index contributed by atoms with van der Waals surface area (Å²) in [6.45, 7) is 16.1. The molecule has 2 aliphatic heterocycles. The van der Waals surface area contributed by atoms with Crippen molar-refractivity contribution in [3.63, 3.8) is 0 Å². The SMILES string of the molecule is C[C@@H]1CC(C(O)C(C)(C)O)OC2[C@H]1C1(C)CCC34CC35CCC(OC(=O)NC3COC3)C(C)(C)[C@@H]5CCC4[C@]1(C)[C@H]2O. The van der Waals surface area contributed by atoms with E-state index in [0.29, 0.717) is 31.5 Å². The number of hydrogen-bond acceptors (Lipinski definition) is 7. The van der Waals surface area contributed by atoms with Crippen LogP contribution in [0, 0.1) is 50.7 Å². The van der Waals surface area contributed by atoms with Gasteiger partial charge < -0.3 is 34.8 Å². The number of aliphatic hydroxyl groups is 3. The van der Waals surface area contributed by atoms with Gasteiger partial charge in [0, 0.05) is 10.8 Å². The van der Waals surface area contributed by atoms with Crippen molar-refractivity contribution in [1.82, 2.24) is 5.32 Å². The second kappa shape index (κ2) is 9.08. The van der Waals surface area contributed by atoms with Gasteiger partial charge in [-0.3, -0.25) is 0 Å². The molecule has 0 aromatic heterocycles. The van der Waals surface area contributed by atoms with Crippen LogP contribution in [-0.2, 0) is 14.2 Å². The molecule has 7 rings (SSSR count). The van der Waals surface area contributed by atoms with Crippen molar-refractivity contribution < 1.29 is 34.3 Å². The molecule has 0 aromatic carbocycles. The van der Waals surface area contributed by atoms with Crippen LogP contribution in [0.3, 0.4) is 0 Å². The zero-order valence-electron chi connectivity index (χ0n) is 26.8. The molecule has 2 saturated heterocycles. The molecule has 1 amide bonds. The highest BCUT2D eigenvalue weighted by Gasteiger charge is 2.84. The van der Waals surface area contributed by atoms with Crippen LogP contribution in [0.5, 0.6) is 0 Å². The van der Waals surface area contributed by atoms with E-state index in [1.807, 2.05) is 0 Å². The standard InChI is InChI=1S/C34H55NO7/c1-18-14-20(26(36)30(4,5)39)41-25-24(18)31(6)12-13-34-17-33(34)11-10-23(42-28(38)35-19-15-40-16-19)29(2,3)21(33)8-9-22(34)32(31,7)27(25)37/h18-27,36-37,39H,8-17H2,1-7H3,(H,35,38)/t18-,20?,21+,22?,23?,24+,25?,26?,27+,31?,32-,33?,34?/m1/s1. The second-order valence-electron chi connectivity index (χ2n) is 17.4. The number of ether oxygens (including phenoxy) is 3. The Morgan fingerprint density at radius 1 is 1.02 bits per heavy atom. The maximum absolute atomic E-state index is 12.7. The summed E-state index contributed by atoms with van der Waals surface area (Å²) in [5.41, 5.74) is -1.22. The van der Waals surface area contributed by atoms with Crippen molar-refractivity contribution >= 4 is 6.09 Å². The summed E-state index contributed by atoms with van der Waals surface area (Å²) in [5, 5.41) is 36.8. The molecule has 4 N–H and O–H groups in total. The Kier molecular flexibility index (Phi) is 6.44. The van der Waals surface area contributed by atoms with Crippen molar-refractivity contribution in [3.8, 4) is 0 Å². The molecule has 42 heavy (non-hydrogen) atoms. The Hall–Kier alpha value is -0.930. The summed E-state index contributed by atoms with van der Waals surface area (Å²) in [7, 11) is 0. The predicted octanol–water partition coefficient (Wildman–Crippen LogP) is 4.43. The Bertz CT molecular complexity index is 1120. The molecule has 238 valence electrons. The number of amides is 1. The number of carbonyl (C=O) groups is 1. The zero-order chi connectivity index (χ0) is 30.3. The van der Waals surface area contributed by atoms with Gasteiger partial charge in [-0.05, 0) is 105 Å². The minimum atomic E-state index is -1.26. The highest BCUT2D eigenvalue weighted by atomic mass is 16.6. The van der Waals surface area contributed by atoms with Crippen molar-refractivity contribution in [2.24, 2.45) is 50.7 Å². The highest BCUT2D eigenvalue weighted by molar-refractivity contribution is 5.68. The number of carbonyl (C=O) groups excluding carboxylic acids is 1. The summed E-state index contributed by atoms with van der Waals surface area (Å²) in [5.74, 6) is 1.43. The Labute approximate surface area is 251 Å². The van der Waals surface area contributed by atoms with Gasteiger partial charge in [-0.15, -0.1) is 0 Å². The minimum Gasteiger partial charge on any atom is -0.446 e. The van der Waals surface area contributed by atoms with Gasteiger partial charge in [0.1, 0.15) is 12.2 Å². The normalized spacial score (nSPS) is 53.3. The average molecular weight is 590 g/mol. The Morgan fingerprint density at radius 3 is 2.33 bits per heavy atom. The smallest absolute Gasteiger partial charge is 0.407 e. The molecule has 0 aromatic rings. The van der Waals surface area contributed by atoms with E-state index in [9.17, 15) is 20.1 Å². The third-order valence-corrected chi connectivity index (χ3v) is 15.1. The molecule has 8 unspecified atom stereocenters. The second-order valence-corrected chi connectivity index (χ2v) is 17.4. The van der Waals surface area contributed by atoms with Crippen molar-refractivity contribution in [3.05, 3.63) is 0 Å². The fraction of sp³-hybridized carbons (Fsp3) is 0.971. The number of hydrogen-bond donors (Lipinski definition) is 4. The fourth-order valence-electron chi connectivity index (χ4n) is 12.8. The topological polar surface area (TPSA) is 117 Å². The van der Waals surface area contributed by atoms with E-state index in [-0.39, 0.29) is 63.3 Å². The Balaban J connectivity index is 1.14. The van der Waals surface area contributed by atoms with Gasteiger partial charge in [-0.25, -0.2) is 4.79 Å². The fourth-order valence-corrected chi connectivity index (χ4v) is 12.8. The molecule has 5 saturated carbocycles. The lowest BCUT2D eigenvalue weighted by molar-refractivity contribution is -0.202. The van der Waals surface area contributed by atoms with Crippen LogP contribution in [0.4, 0.5) is 4.79 Å². The van der Waals surface area contributed by atoms with Crippen molar-refractivity contribution in [1.29, 1.82) is 0 Å². The van der Waals surface area contributed by atoms with Crippen LogP contribution in [0.25, 0.3) is 0 Å².